The smallest absolute Gasteiger partial charge is 0.284 e. The van der Waals surface area contributed by atoms with E-state index in [2.05, 4.69) is 10.2 Å². The van der Waals surface area contributed by atoms with Crippen LogP contribution in [0.1, 0.15) is 10.4 Å². The Morgan fingerprint density at radius 3 is 2.46 bits per heavy atom. The van der Waals surface area contributed by atoms with Gasteiger partial charge in [-0.1, -0.05) is 6.07 Å². The van der Waals surface area contributed by atoms with Crippen molar-refractivity contribution in [1.82, 2.24) is 10.2 Å². The number of carbonyl (C=O) groups excluding carboxylic acids is 1. The van der Waals surface area contributed by atoms with Crippen LogP contribution in [0.5, 0.6) is 17.2 Å². The van der Waals surface area contributed by atoms with Crippen molar-refractivity contribution in [2.24, 2.45) is 0 Å². The van der Waals surface area contributed by atoms with Crippen molar-refractivity contribution in [2.45, 2.75) is 5.22 Å². The number of nitrogens with zero attached hydrogens (tertiary/aromatic N) is 2. The van der Waals surface area contributed by atoms with Gasteiger partial charge in [0, 0.05) is 23.4 Å². The van der Waals surface area contributed by atoms with E-state index in [0.29, 0.717) is 34.3 Å². The Morgan fingerprint density at radius 2 is 1.73 bits per heavy atom. The minimum atomic E-state index is -0.273. The fourth-order valence-electron chi connectivity index (χ4n) is 2.23. The second-order valence-corrected chi connectivity index (χ2v) is 5.98. The summed E-state index contributed by atoms with van der Waals surface area (Å²) in [4.78, 5) is 12.5. The summed E-state index contributed by atoms with van der Waals surface area (Å²) in [6, 6.07) is 12.2. The second-order valence-electron chi connectivity index (χ2n) is 5.06. The molecule has 3 rings (SSSR count). The van der Waals surface area contributed by atoms with Gasteiger partial charge in [-0.2, -0.15) is 0 Å². The Morgan fingerprint density at radius 1 is 0.962 bits per heavy atom. The molecule has 0 aliphatic heterocycles. The van der Waals surface area contributed by atoms with Crippen LogP contribution in [0.2, 0.25) is 0 Å². The SMILES string of the molecule is COc1cccc(-c2nnc(SC(=O)c3ccc(OC)cc3OC)o2)c1. The Hall–Kier alpha value is -3.00. The molecule has 0 N–H and O–H groups in total. The molecule has 3 aromatic rings. The average Bonchev–Trinajstić information content (AvgIpc) is 3.15. The van der Waals surface area contributed by atoms with Crippen molar-refractivity contribution >= 4 is 16.9 Å². The van der Waals surface area contributed by atoms with Crippen molar-refractivity contribution in [2.75, 3.05) is 21.3 Å². The van der Waals surface area contributed by atoms with E-state index < -0.39 is 0 Å². The van der Waals surface area contributed by atoms with Crippen LogP contribution in [0.3, 0.4) is 0 Å². The van der Waals surface area contributed by atoms with Gasteiger partial charge in [-0.3, -0.25) is 4.79 Å². The molecule has 0 radical (unpaired) electrons. The van der Waals surface area contributed by atoms with Crippen LogP contribution in [0.15, 0.2) is 52.1 Å². The Kier molecular flexibility index (Phi) is 5.43. The van der Waals surface area contributed by atoms with E-state index in [4.69, 9.17) is 18.6 Å². The van der Waals surface area contributed by atoms with Crippen LogP contribution in [-0.2, 0) is 0 Å². The highest BCUT2D eigenvalue weighted by atomic mass is 32.2. The largest absolute Gasteiger partial charge is 0.497 e. The normalized spacial score (nSPS) is 10.4. The summed E-state index contributed by atoms with van der Waals surface area (Å²) in [7, 11) is 4.61. The molecular formula is C18H16N2O5S. The number of thioether (sulfide) groups is 1. The van der Waals surface area contributed by atoms with E-state index in [0.717, 1.165) is 11.8 Å². The molecule has 7 nitrogen and oxygen atoms in total. The third-order valence-electron chi connectivity index (χ3n) is 3.53. The zero-order valence-corrected chi connectivity index (χ0v) is 15.2. The molecule has 0 atom stereocenters. The maximum atomic E-state index is 12.5. The minimum absolute atomic E-state index is 0.144. The van der Waals surface area contributed by atoms with Gasteiger partial charge >= 0.3 is 0 Å². The molecule has 134 valence electrons. The van der Waals surface area contributed by atoms with Gasteiger partial charge in [-0.15, -0.1) is 10.2 Å². The highest BCUT2D eigenvalue weighted by Crippen LogP contribution is 2.32. The van der Waals surface area contributed by atoms with Crippen molar-refractivity contribution in [1.29, 1.82) is 0 Å². The molecular weight excluding hydrogens is 356 g/mol. The van der Waals surface area contributed by atoms with E-state index in [1.165, 1.54) is 7.11 Å². The quantitative estimate of drug-likeness (QED) is 0.606. The maximum Gasteiger partial charge on any atom is 0.284 e. The summed E-state index contributed by atoms with van der Waals surface area (Å²) in [6.45, 7) is 0. The summed E-state index contributed by atoms with van der Waals surface area (Å²) >= 11 is 0.834. The van der Waals surface area contributed by atoms with Gasteiger partial charge in [-0.25, -0.2) is 0 Å². The first-order valence-electron chi connectivity index (χ1n) is 7.56. The molecule has 0 spiro atoms. The van der Waals surface area contributed by atoms with E-state index in [9.17, 15) is 4.79 Å². The van der Waals surface area contributed by atoms with Gasteiger partial charge in [0.25, 0.3) is 5.22 Å². The van der Waals surface area contributed by atoms with Gasteiger partial charge in [0.1, 0.15) is 17.2 Å². The summed E-state index contributed by atoms with van der Waals surface area (Å²) in [6.07, 6.45) is 0. The zero-order chi connectivity index (χ0) is 18.5. The number of rotatable bonds is 6. The molecule has 0 saturated heterocycles. The molecule has 26 heavy (non-hydrogen) atoms. The number of ether oxygens (including phenoxy) is 3. The standard InChI is InChI=1S/C18H16N2O5S/c1-22-12-6-4-5-11(9-12)16-19-20-18(25-16)26-17(21)14-8-7-13(23-2)10-15(14)24-3/h4-10H,1-3H3. The van der Waals surface area contributed by atoms with E-state index in [-0.39, 0.29) is 10.3 Å². The molecule has 0 bridgehead atoms. The topological polar surface area (TPSA) is 83.7 Å². The molecule has 1 aromatic heterocycles. The number of carbonyl (C=O) groups is 1. The number of benzene rings is 2. The Bertz CT molecular complexity index is 925. The van der Waals surface area contributed by atoms with Crippen molar-refractivity contribution in [3.8, 4) is 28.7 Å². The Labute approximate surface area is 154 Å². The molecule has 0 amide bonds. The molecule has 8 heteroatoms. The molecule has 0 aliphatic rings. The first-order valence-corrected chi connectivity index (χ1v) is 8.38. The lowest BCUT2D eigenvalue weighted by Crippen LogP contribution is -1.99. The first-order chi connectivity index (χ1) is 12.6. The predicted octanol–water partition coefficient (Wildman–Crippen LogP) is 3.69. The number of methoxy groups -OCH3 is 3. The highest BCUT2D eigenvalue weighted by Gasteiger charge is 2.19. The third-order valence-corrected chi connectivity index (χ3v) is 4.28. The fourth-order valence-corrected chi connectivity index (χ4v) is 2.86. The van der Waals surface area contributed by atoms with Gasteiger partial charge < -0.3 is 18.6 Å². The monoisotopic (exact) mass is 372 g/mol. The Balaban J connectivity index is 1.79. The van der Waals surface area contributed by atoms with Gasteiger partial charge in [0.2, 0.25) is 11.0 Å². The van der Waals surface area contributed by atoms with Crippen molar-refractivity contribution in [3.05, 3.63) is 48.0 Å². The summed E-state index contributed by atoms with van der Waals surface area (Å²) in [5.41, 5.74) is 1.10. The number of aromatic nitrogens is 2. The van der Waals surface area contributed by atoms with Crippen molar-refractivity contribution in [3.63, 3.8) is 0 Å². The first kappa shape index (κ1) is 17.8. The predicted molar refractivity (Wildman–Crippen MR) is 96.0 cm³/mol. The lowest BCUT2D eigenvalue weighted by Gasteiger charge is -2.08. The third kappa shape index (κ3) is 3.80. The molecule has 1 heterocycles. The van der Waals surface area contributed by atoms with Gasteiger partial charge in [0.15, 0.2) is 0 Å². The zero-order valence-electron chi connectivity index (χ0n) is 14.4. The van der Waals surface area contributed by atoms with Crippen molar-refractivity contribution < 1.29 is 23.4 Å². The van der Waals surface area contributed by atoms with Crippen LogP contribution in [0.4, 0.5) is 0 Å². The van der Waals surface area contributed by atoms with Crippen LogP contribution in [0.25, 0.3) is 11.5 Å². The molecule has 2 aromatic carbocycles. The average molecular weight is 372 g/mol. The molecule has 0 saturated carbocycles. The molecule has 0 unspecified atom stereocenters. The minimum Gasteiger partial charge on any atom is -0.497 e. The van der Waals surface area contributed by atoms with Gasteiger partial charge in [-0.05, 0) is 30.3 Å². The summed E-state index contributed by atoms with van der Waals surface area (Å²) in [5, 5.41) is 7.78. The second kappa shape index (κ2) is 7.92. The van der Waals surface area contributed by atoms with Crippen LogP contribution in [0, 0.1) is 0 Å². The maximum absolute atomic E-state index is 12.5. The summed E-state index contributed by atoms with van der Waals surface area (Å²) < 4.78 is 21.1. The van der Waals surface area contributed by atoms with E-state index >= 15 is 0 Å². The van der Waals surface area contributed by atoms with E-state index in [1.54, 1.807) is 38.5 Å². The summed E-state index contributed by atoms with van der Waals surface area (Å²) in [5.74, 6) is 1.99. The number of hydrogen-bond donors (Lipinski definition) is 0. The lowest BCUT2D eigenvalue weighted by atomic mass is 10.2. The number of hydrogen-bond acceptors (Lipinski definition) is 8. The fraction of sp³-hybridized carbons (Fsp3) is 0.167. The highest BCUT2D eigenvalue weighted by molar-refractivity contribution is 8.14. The molecule has 0 aliphatic carbocycles. The van der Waals surface area contributed by atoms with Crippen LogP contribution < -0.4 is 14.2 Å². The van der Waals surface area contributed by atoms with Crippen LogP contribution >= 0.6 is 11.8 Å². The lowest BCUT2D eigenvalue weighted by molar-refractivity contribution is 0.108. The van der Waals surface area contributed by atoms with Crippen LogP contribution in [-0.4, -0.2) is 36.6 Å². The van der Waals surface area contributed by atoms with Gasteiger partial charge in [0.05, 0.1) is 26.9 Å². The molecule has 0 fully saturated rings. The van der Waals surface area contributed by atoms with E-state index in [1.807, 2.05) is 18.2 Å².